The minimum Gasteiger partial charge on any atom is -0.377 e. The van der Waals surface area contributed by atoms with Gasteiger partial charge in [-0.25, -0.2) is 0 Å². The zero-order chi connectivity index (χ0) is 27.1. The summed E-state index contributed by atoms with van der Waals surface area (Å²) in [5.41, 5.74) is -2.59. The Balaban J connectivity index is 1.37. The Hall–Kier alpha value is -2.59. The van der Waals surface area contributed by atoms with Gasteiger partial charge in [0.05, 0.1) is 17.2 Å². The average molecular weight is 541 g/mol. The number of carbonyl (C=O) groups excluding carboxylic acids is 1. The van der Waals surface area contributed by atoms with E-state index in [4.69, 9.17) is 4.74 Å². The van der Waals surface area contributed by atoms with Crippen molar-refractivity contribution in [2.75, 3.05) is 32.8 Å². The zero-order valence-electron chi connectivity index (χ0n) is 20.8. The van der Waals surface area contributed by atoms with E-state index >= 15 is 0 Å². The molecule has 2 aliphatic heterocycles. The summed E-state index contributed by atoms with van der Waals surface area (Å²) in [6, 6.07) is 10.7. The van der Waals surface area contributed by atoms with E-state index in [1.54, 1.807) is 0 Å². The third-order valence-corrected chi connectivity index (χ3v) is 7.84. The lowest BCUT2D eigenvalue weighted by Gasteiger charge is -2.43. The predicted octanol–water partition coefficient (Wildman–Crippen LogP) is 6.22. The molecular weight excluding hydrogens is 510 g/mol. The number of benzene rings is 2. The average Bonchev–Trinajstić information content (AvgIpc) is 3.61. The SMILES string of the molecule is O=C(c1cc(C(F)(F)F)cc(C(F)(F)F)c1)N1CC[C@H](N2CC[C@@H](OCC3CC3)C2)[C@@H](c2ccccc2)C1. The first-order chi connectivity index (χ1) is 18.0. The molecule has 3 aliphatic rings. The number of piperidine rings is 1. The molecule has 2 aromatic carbocycles. The van der Waals surface area contributed by atoms with Gasteiger partial charge in [-0.15, -0.1) is 0 Å². The number of amides is 1. The fourth-order valence-electron chi connectivity index (χ4n) is 5.60. The van der Waals surface area contributed by atoms with Gasteiger partial charge in [0.25, 0.3) is 5.91 Å². The van der Waals surface area contributed by atoms with Gasteiger partial charge in [-0.1, -0.05) is 30.3 Å². The van der Waals surface area contributed by atoms with E-state index in [-0.39, 0.29) is 37.2 Å². The quantitative estimate of drug-likeness (QED) is 0.408. The first kappa shape index (κ1) is 27.0. The van der Waals surface area contributed by atoms with Crippen LogP contribution in [0.15, 0.2) is 48.5 Å². The molecule has 0 spiro atoms. The number of nitrogens with zero attached hydrogens (tertiary/aromatic N) is 2. The van der Waals surface area contributed by atoms with Crippen molar-refractivity contribution in [1.29, 1.82) is 0 Å². The second-order valence-corrected chi connectivity index (χ2v) is 10.6. The lowest BCUT2D eigenvalue weighted by Crippen LogP contribution is -2.51. The Bertz CT molecular complexity index is 1100. The minimum atomic E-state index is -5.01. The lowest BCUT2D eigenvalue weighted by molar-refractivity contribution is -0.143. The first-order valence-corrected chi connectivity index (χ1v) is 13.0. The second kappa shape index (κ2) is 10.5. The van der Waals surface area contributed by atoms with E-state index in [0.717, 1.165) is 31.7 Å². The molecule has 1 saturated carbocycles. The zero-order valence-corrected chi connectivity index (χ0v) is 20.8. The van der Waals surface area contributed by atoms with Crippen molar-refractivity contribution >= 4 is 5.91 Å². The monoisotopic (exact) mass is 540 g/mol. The van der Waals surface area contributed by atoms with Gasteiger partial charge in [-0.3, -0.25) is 9.69 Å². The van der Waals surface area contributed by atoms with E-state index in [1.165, 1.54) is 17.7 Å². The first-order valence-electron chi connectivity index (χ1n) is 13.0. The van der Waals surface area contributed by atoms with Crippen LogP contribution in [0.3, 0.4) is 0 Å². The van der Waals surface area contributed by atoms with E-state index in [1.807, 2.05) is 30.3 Å². The third kappa shape index (κ3) is 6.17. The topological polar surface area (TPSA) is 32.8 Å². The highest BCUT2D eigenvalue weighted by atomic mass is 19.4. The summed E-state index contributed by atoms with van der Waals surface area (Å²) in [5.74, 6) is -0.291. The molecule has 2 heterocycles. The molecule has 3 fully saturated rings. The molecule has 2 saturated heterocycles. The van der Waals surface area contributed by atoms with Crippen molar-refractivity contribution in [2.45, 2.75) is 56.1 Å². The van der Waals surface area contributed by atoms with Crippen molar-refractivity contribution < 1.29 is 35.9 Å². The Labute approximate surface area is 217 Å². The van der Waals surface area contributed by atoms with Crippen LogP contribution in [0.2, 0.25) is 0 Å². The highest BCUT2D eigenvalue weighted by molar-refractivity contribution is 5.95. The van der Waals surface area contributed by atoms with Crippen LogP contribution in [0, 0.1) is 5.92 Å². The van der Waals surface area contributed by atoms with Gasteiger partial charge in [0.2, 0.25) is 0 Å². The second-order valence-electron chi connectivity index (χ2n) is 10.6. The Morgan fingerprint density at radius 3 is 2.11 bits per heavy atom. The van der Waals surface area contributed by atoms with E-state index < -0.39 is 35.0 Å². The lowest BCUT2D eigenvalue weighted by atomic mass is 9.84. The van der Waals surface area contributed by atoms with Gasteiger partial charge >= 0.3 is 12.4 Å². The van der Waals surface area contributed by atoms with Crippen LogP contribution < -0.4 is 0 Å². The van der Waals surface area contributed by atoms with Gasteiger partial charge in [-0.2, -0.15) is 26.3 Å². The van der Waals surface area contributed by atoms with E-state index in [9.17, 15) is 31.1 Å². The molecule has 206 valence electrons. The van der Waals surface area contributed by atoms with Crippen molar-refractivity contribution in [3.05, 3.63) is 70.8 Å². The van der Waals surface area contributed by atoms with E-state index in [0.29, 0.717) is 24.5 Å². The van der Waals surface area contributed by atoms with Crippen molar-refractivity contribution in [3.8, 4) is 0 Å². The molecule has 2 aromatic rings. The number of rotatable bonds is 6. The van der Waals surface area contributed by atoms with Crippen LogP contribution in [0.4, 0.5) is 26.3 Å². The van der Waals surface area contributed by atoms with E-state index in [2.05, 4.69) is 4.90 Å². The van der Waals surface area contributed by atoms with Crippen LogP contribution >= 0.6 is 0 Å². The van der Waals surface area contributed by atoms with Crippen LogP contribution in [-0.4, -0.2) is 60.6 Å². The molecule has 5 rings (SSSR count). The summed E-state index contributed by atoms with van der Waals surface area (Å²) < 4.78 is 86.3. The standard InChI is InChI=1S/C28H30F6N2O2/c29-27(30,31)21-12-20(13-22(14-21)28(32,33)34)26(37)36-11-9-25(24(16-36)19-4-2-1-3-5-19)35-10-8-23(15-35)38-17-18-6-7-18/h1-5,12-14,18,23-25H,6-11,15-17H2/t23-,24-,25+/m1/s1. The Kier molecular flexibility index (Phi) is 7.48. The Morgan fingerprint density at radius 1 is 0.842 bits per heavy atom. The fraction of sp³-hybridized carbons (Fsp3) is 0.536. The Morgan fingerprint density at radius 2 is 1.50 bits per heavy atom. The van der Waals surface area contributed by atoms with Crippen LogP contribution in [0.25, 0.3) is 0 Å². The molecule has 4 nitrogen and oxygen atoms in total. The molecule has 38 heavy (non-hydrogen) atoms. The number of carbonyl (C=O) groups is 1. The highest BCUT2D eigenvalue weighted by Gasteiger charge is 2.41. The normalized spacial score (nSPS) is 25.1. The number of halogens is 6. The van der Waals surface area contributed by atoms with Crippen molar-refractivity contribution in [2.24, 2.45) is 5.92 Å². The van der Waals surface area contributed by atoms with Crippen LogP contribution in [0.1, 0.15) is 58.6 Å². The van der Waals surface area contributed by atoms with Gasteiger partial charge in [-0.05, 0) is 55.4 Å². The molecule has 1 aliphatic carbocycles. The summed E-state index contributed by atoms with van der Waals surface area (Å²) in [4.78, 5) is 17.1. The number of likely N-dealkylation sites (tertiary alicyclic amines) is 2. The third-order valence-electron chi connectivity index (χ3n) is 7.84. The highest BCUT2D eigenvalue weighted by Crippen LogP contribution is 2.38. The summed E-state index contributed by atoms with van der Waals surface area (Å²) >= 11 is 0. The van der Waals surface area contributed by atoms with Gasteiger partial charge < -0.3 is 9.64 Å². The molecule has 0 aromatic heterocycles. The molecule has 3 atom stereocenters. The van der Waals surface area contributed by atoms with Crippen molar-refractivity contribution in [3.63, 3.8) is 0 Å². The molecule has 10 heteroatoms. The maximum absolute atomic E-state index is 13.4. The number of alkyl halides is 6. The number of hydrogen-bond acceptors (Lipinski definition) is 3. The molecule has 1 amide bonds. The molecule has 0 bridgehead atoms. The largest absolute Gasteiger partial charge is 0.416 e. The summed E-state index contributed by atoms with van der Waals surface area (Å²) in [5, 5.41) is 0. The predicted molar refractivity (Wildman–Crippen MR) is 129 cm³/mol. The smallest absolute Gasteiger partial charge is 0.377 e. The molecule has 0 radical (unpaired) electrons. The van der Waals surface area contributed by atoms with Crippen LogP contribution in [-0.2, 0) is 17.1 Å². The molecule has 0 unspecified atom stereocenters. The van der Waals surface area contributed by atoms with Crippen molar-refractivity contribution in [1.82, 2.24) is 9.80 Å². The maximum Gasteiger partial charge on any atom is 0.416 e. The fourth-order valence-corrected chi connectivity index (χ4v) is 5.60. The summed E-state index contributed by atoms with van der Waals surface area (Å²) in [6.45, 7) is 2.85. The summed E-state index contributed by atoms with van der Waals surface area (Å²) in [6.07, 6.45) is -5.96. The number of hydrogen-bond donors (Lipinski definition) is 0. The van der Waals surface area contributed by atoms with Gasteiger partial charge in [0.1, 0.15) is 0 Å². The van der Waals surface area contributed by atoms with Gasteiger partial charge in [0.15, 0.2) is 0 Å². The van der Waals surface area contributed by atoms with Gasteiger partial charge in [0, 0.05) is 50.3 Å². The summed E-state index contributed by atoms with van der Waals surface area (Å²) in [7, 11) is 0. The number of ether oxygens (including phenoxy) is 1. The van der Waals surface area contributed by atoms with Crippen LogP contribution in [0.5, 0.6) is 0 Å². The minimum absolute atomic E-state index is 0.0465. The maximum atomic E-state index is 13.4. The molecular formula is C28H30F6N2O2. The molecule has 0 N–H and O–H groups in total.